The summed E-state index contributed by atoms with van der Waals surface area (Å²) in [6.45, 7) is 7.78. The summed E-state index contributed by atoms with van der Waals surface area (Å²) in [7, 11) is 0. The van der Waals surface area contributed by atoms with E-state index in [0.29, 0.717) is 26.2 Å². The maximum absolute atomic E-state index is 13.2. The predicted octanol–water partition coefficient (Wildman–Crippen LogP) is 4.46. The first-order valence-electron chi connectivity index (χ1n) is 9.74. The number of hydrogen-bond acceptors (Lipinski definition) is 3. The number of nitrogens with zero attached hydrogens (tertiary/aromatic N) is 3. The molecule has 1 aromatic carbocycles. The lowest BCUT2D eigenvalue weighted by Crippen LogP contribution is -2.49. The monoisotopic (exact) mass is 415 g/mol. The molecule has 0 bridgehead atoms. The molecular weight excluding hydrogens is 391 g/mol. The highest BCUT2D eigenvalue weighted by atomic mass is 19.4. The number of rotatable bonds is 2. The van der Waals surface area contributed by atoms with E-state index in [1.54, 1.807) is 6.20 Å². The molecule has 0 saturated carbocycles. The molecule has 0 aliphatic carbocycles. The molecule has 4 nitrogen and oxygen atoms in total. The standard InChI is InChI=1S/C23H24F3N3O/c1-22(2,3)11-10-17-8-9-20(27-16-17)28-12-14-29(15-13-28)21(30)18-6-4-5-7-19(18)23(24,25)26/h4-9,16H,12-15H2,1-3H3. The second-order valence-corrected chi connectivity index (χ2v) is 8.23. The second-order valence-electron chi connectivity index (χ2n) is 8.23. The van der Waals surface area contributed by atoms with Crippen LogP contribution in [0.15, 0.2) is 42.6 Å². The van der Waals surface area contributed by atoms with Gasteiger partial charge in [-0.25, -0.2) is 4.98 Å². The van der Waals surface area contributed by atoms with Crippen molar-refractivity contribution in [2.45, 2.75) is 26.9 Å². The molecule has 1 amide bonds. The van der Waals surface area contributed by atoms with Gasteiger partial charge in [0.2, 0.25) is 0 Å². The van der Waals surface area contributed by atoms with Gasteiger partial charge in [-0.2, -0.15) is 13.2 Å². The van der Waals surface area contributed by atoms with Crippen molar-refractivity contribution in [1.29, 1.82) is 0 Å². The SMILES string of the molecule is CC(C)(C)C#Cc1ccc(N2CCN(C(=O)c3ccccc3C(F)(F)F)CC2)nc1. The van der Waals surface area contributed by atoms with E-state index < -0.39 is 17.6 Å². The van der Waals surface area contributed by atoms with E-state index >= 15 is 0 Å². The summed E-state index contributed by atoms with van der Waals surface area (Å²) in [6, 6.07) is 8.70. The molecule has 0 N–H and O–H groups in total. The first kappa shape index (κ1) is 21.7. The van der Waals surface area contributed by atoms with Crippen molar-refractivity contribution in [2.24, 2.45) is 5.41 Å². The third-order valence-corrected chi connectivity index (χ3v) is 4.68. The Morgan fingerprint density at radius 1 is 1.00 bits per heavy atom. The van der Waals surface area contributed by atoms with Crippen LogP contribution in [0.25, 0.3) is 0 Å². The largest absolute Gasteiger partial charge is 0.417 e. The number of carbonyl (C=O) groups is 1. The highest BCUT2D eigenvalue weighted by Crippen LogP contribution is 2.32. The topological polar surface area (TPSA) is 36.4 Å². The third kappa shape index (κ3) is 5.32. The van der Waals surface area contributed by atoms with E-state index in [1.165, 1.54) is 23.1 Å². The highest BCUT2D eigenvalue weighted by Gasteiger charge is 2.36. The summed E-state index contributed by atoms with van der Waals surface area (Å²) < 4.78 is 39.6. The van der Waals surface area contributed by atoms with E-state index in [0.717, 1.165) is 17.4 Å². The number of alkyl halides is 3. The fourth-order valence-electron chi connectivity index (χ4n) is 3.13. The van der Waals surface area contributed by atoms with Gasteiger partial charge in [-0.15, -0.1) is 0 Å². The van der Waals surface area contributed by atoms with Gasteiger partial charge in [0.25, 0.3) is 5.91 Å². The molecule has 0 atom stereocenters. The lowest BCUT2D eigenvalue weighted by Gasteiger charge is -2.35. The number of aromatic nitrogens is 1. The molecule has 1 saturated heterocycles. The van der Waals surface area contributed by atoms with Gasteiger partial charge in [0.05, 0.1) is 11.1 Å². The first-order valence-corrected chi connectivity index (χ1v) is 9.74. The minimum Gasteiger partial charge on any atom is -0.353 e. The van der Waals surface area contributed by atoms with Crippen LogP contribution < -0.4 is 4.90 Å². The van der Waals surface area contributed by atoms with Gasteiger partial charge in [0, 0.05) is 43.4 Å². The fourth-order valence-corrected chi connectivity index (χ4v) is 3.13. The third-order valence-electron chi connectivity index (χ3n) is 4.68. The smallest absolute Gasteiger partial charge is 0.353 e. The van der Waals surface area contributed by atoms with Crippen LogP contribution in [0, 0.1) is 17.3 Å². The number of halogens is 3. The Hall–Kier alpha value is -3.01. The van der Waals surface area contributed by atoms with Crippen LogP contribution >= 0.6 is 0 Å². The summed E-state index contributed by atoms with van der Waals surface area (Å²) in [4.78, 5) is 20.6. The van der Waals surface area contributed by atoms with Crippen LogP contribution in [-0.4, -0.2) is 42.0 Å². The molecule has 0 spiro atoms. The number of carbonyl (C=O) groups excluding carboxylic acids is 1. The average molecular weight is 415 g/mol. The van der Waals surface area contributed by atoms with Crippen molar-refractivity contribution in [2.75, 3.05) is 31.1 Å². The number of hydrogen-bond donors (Lipinski definition) is 0. The summed E-state index contributed by atoms with van der Waals surface area (Å²) in [5.74, 6) is 6.42. The van der Waals surface area contributed by atoms with Gasteiger partial charge >= 0.3 is 6.18 Å². The summed E-state index contributed by atoms with van der Waals surface area (Å²) in [5, 5.41) is 0. The van der Waals surface area contributed by atoms with Crippen molar-refractivity contribution in [3.05, 3.63) is 59.3 Å². The zero-order valence-corrected chi connectivity index (χ0v) is 17.3. The first-order chi connectivity index (χ1) is 14.0. The van der Waals surface area contributed by atoms with Crippen molar-refractivity contribution < 1.29 is 18.0 Å². The van der Waals surface area contributed by atoms with Gasteiger partial charge in [-0.05, 0) is 45.0 Å². The Morgan fingerprint density at radius 3 is 2.23 bits per heavy atom. The molecule has 7 heteroatoms. The molecule has 158 valence electrons. The Labute approximate surface area is 174 Å². The molecule has 1 aromatic heterocycles. The van der Waals surface area contributed by atoms with Crippen LogP contribution in [-0.2, 0) is 6.18 Å². The van der Waals surface area contributed by atoms with Crippen LogP contribution in [0.5, 0.6) is 0 Å². The predicted molar refractivity (Wildman–Crippen MR) is 110 cm³/mol. The molecule has 0 radical (unpaired) electrons. The molecule has 0 unspecified atom stereocenters. The Morgan fingerprint density at radius 2 is 1.67 bits per heavy atom. The molecule has 2 heterocycles. The quantitative estimate of drug-likeness (QED) is 0.680. The number of anilines is 1. The van der Waals surface area contributed by atoms with E-state index in [2.05, 4.69) is 16.8 Å². The maximum Gasteiger partial charge on any atom is 0.417 e. The molecule has 30 heavy (non-hydrogen) atoms. The average Bonchev–Trinajstić information content (AvgIpc) is 2.71. The molecule has 3 rings (SSSR count). The minimum absolute atomic E-state index is 0.0910. The van der Waals surface area contributed by atoms with Crippen LogP contribution in [0.2, 0.25) is 0 Å². The number of amides is 1. The lowest BCUT2D eigenvalue weighted by molar-refractivity contribution is -0.138. The Kier molecular flexibility index (Phi) is 6.06. The van der Waals surface area contributed by atoms with Gasteiger partial charge in [-0.1, -0.05) is 24.0 Å². The summed E-state index contributed by atoms with van der Waals surface area (Å²) in [6.07, 6.45) is -2.85. The van der Waals surface area contributed by atoms with Crippen molar-refractivity contribution in [1.82, 2.24) is 9.88 Å². The lowest BCUT2D eigenvalue weighted by atomic mass is 9.97. The summed E-state index contributed by atoms with van der Waals surface area (Å²) in [5.41, 5.74) is -0.470. The van der Waals surface area contributed by atoms with Crippen molar-refractivity contribution in [3.8, 4) is 11.8 Å². The summed E-state index contributed by atoms with van der Waals surface area (Å²) >= 11 is 0. The van der Waals surface area contributed by atoms with Crippen LogP contribution in [0.3, 0.4) is 0 Å². The van der Waals surface area contributed by atoms with Gasteiger partial charge in [0.1, 0.15) is 5.82 Å². The van der Waals surface area contributed by atoms with Crippen LogP contribution in [0.4, 0.5) is 19.0 Å². The van der Waals surface area contributed by atoms with E-state index in [1.807, 2.05) is 37.8 Å². The maximum atomic E-state index is 13.2. The molecule has 1 aliphatic heterocycles. The second kappa shape index (κ2) is 8.39. The minimum atomic E-state index is -4.56. The number of benzene rings is 1. The Balaban J connectivity index is 1.65. The van der Waals surface area contributed by atoms with E-state index in [4.69, 9.17) is 0 Å². The fraction of sp³-hybridized carbons (Fsp3) is 0.391. The zero-order valence-electron chi connectivity index (χ0n) is 17.3. The van der Waals surface area contributed by atoms with E-state index in [9.17, 15) is 18.0 Å². The Bertz CT molecular complexity index is 958. The molecule has 1 fully saturated rings. The molecule has 1 aliphatic rings. The zero-order chi connectivity index (χ0) is 21.9. The number of pyridine rings is 1. The van der Waals surface area contributed by atoms with Crippen molar-refractivity contribution in [3.63, 3.8) is 0 Å². The van der Waals surface area contributed by atoms with Gasteiger partial charge in [-0.3, -0.25) is 4.79 Å². The van der Waals surface area contributed by atoms with Gasteiger partial charge in [0.15, 0.2) is 0 Å². The molecule has 2 aromatic rings. The number of piperazine rings is 1. The van der Waals surface area contributed by atoms with E-state index in [-0.39, 0.29) is 11.0 Å². The highest BCUT2D eigenvalue weighted by molar-refractivity contribution is 5.96. The van der Waals surface area contributed by atoms with Crippen LogP contribution in [0.1, 0.15) is 42.3 Å². The normalized spacial score (nSPS) is 14.9. The van der Waals surface area contributed by atoms with Crippen molar-refractivity contribution >= 4 is 11.7 Å². The molecular formula is C23H24F3N3O. The van der Waals surface area contributed by atoms with Gasteiger partial charge < -0.3 is 9.80 Å².